The van der Waals surface area contributed by atoms with E-state index in [0.29, 0.717) is 43.6 Å². The van der Waals surface area contributed by atoms with Gasteiger partial charge in [0.25, 0.3) is 10.0 Å². The Hall–Kier alpha value is -3.85. The molecule has 1 aliphatic rings. The van der Waals surface area contributed by atoms with E-state index in [1.807, 2.05) is 0 Å². The molecule has 42 heavy (non-hydrogen) atoms. The molecule has 0 radical (unpaired) electrons. The summed E-state index contributed by atoms with van der Waals surface area (Å²) in [6.07, 6.45) is 0. The molecule has 1 heterocycles. The van der Waals surface area contributed by atoms with E-state index < -0.39 is 32.5 Å². The van der Waals surface area contributed by atoms with Crippen molar-refractivity contribution in [3.63, 3.8) is 0 Å². The Morgan fingerprint density at radius 1 is 0.881 bits per heavy atom. The van der Waals surface area contributed by atoms with Crippen molar-refractivity contribution in [2.45, 2.75) is 9.79 Å². The van der Waals surface area contributed by atoms with Gasteiger partial charge in [0.1, 0.15) is 18.9 Å². The first-order valence-electron chi connectivity index (χ1n) is 13.0. The summed E-state index contributed by atoms with van der Waals surface area (Å²) in [5, 5.41) is 2.67. The number of anilines is 1. The molecule has 0 unspecified atom stereocenters. The quantitative estimate of drug-likeness (QED) is 0.285. The van der Waals surface area contributed by atoms with E-state index in [2.05, 4.69) is 5.32 Å². The Morgan fingerprint density at radius 3 is 2.19 bits per heavy atom. The van der Waals surface area contributed by atoms with Crippen LogP contribution in [-0.4, -0.2) is 87.3 Å². The summed E-state index contributed by atoms with van der Waals surface area (Å²) in [4.78, 5) is 13.1. The third-order valence-electron chi connectivity index (χ3n) is 6.40. The second kappa shape index (κ2) is 13.9. The lowest BCUT2D eigenvalue weighted by molar-refractivity contribution is -0.119. The summed E-state index contributed by atoms with van der Waals surface area (Å²) in [5.74, 6) is 0.580. The van der Waals surface area contributed by atoms with Crippen LogP contribution in [0.25, 0.3) is 0 Å². The van der Waals surface area contributed by atoms with Crippen LogP contribution in [0.4, 0.5) is 5.69 Å². The van der Waals surface area contributed by atoms with Crippen LogP contribution >= 0.6 is 0 Å². The van der Waals surface area contributed by atoms with Crippen molar-refractivity contribution in [2.24, 2.45) is 0 Å². The van der Waals surface area contributed by atoms with Gasteiger partial charge in [-0.25, -0.2) is 16.8 Å². The average molecular weight is 620 g/mol. The summed E-state index contributed by atoms with van der Waals surface area (Å²) in [6.45, 7) is 0.973. The zero-order valence-corrected chi connectivity index (χ0v) is 24.9. The molecule has 1 fully saturated rings. The van der Waals surface area contributed by atoms with Crippen molar-refractivity contribution < 1.29 is 40.6 Å². The van der Waals surface area contributed by atoms with Gasteiger partial charge >= 0.3 is 0 Å². The number of hydrogen-bond donors (Lipinski definition) is 1. The number of nitrogens with one attached hydrogen (secondary N) is 1. The predicted octanol–water partition coefficient (Wildman–Crippen LogP) is 2.12. The minimum Gasteiger partial charge on any atom is -0.493 e. The molecule has 0 aliphatic carbocycles. The lowest BCUT2D eigenvalue weighted by atomic mass is 10.2. The van der Waals surface area contributed by atoms with Gasteiger partial charge in [0.15, 0.2) is 11.5 Å². The molecular formula is C28H33N3O9S2. The van der Waals surface area contributed by atoms with Crippen LogP contribution in [0.1, 0.15) is 0 Å². The van der Waals surface area contributed by atoms with Crippen molar-refractivity contribution >= 4 is 31.6 Å². The molecule has 12 nitrogen and oxygen atoms in total. The standard InChI is InChI=1S/C28H33N3O9S2/c1-37-26-13-8-22(20-27(26)38-2)31(42(35,36)24-6-4-3-5-7-24)21-28(32)29-14-17-40-23-9-11-25(12-10-23)41(33,34)30-15-18-39-19-16-30/h3-13,20H,14-19,21H2,1-2H3,(H,29,32). The molecule has 226 valence electrons. The number of carbonyl (C=O) groups is 1. The third-order valence-corrected chi connectivity index (χ3v) is 10.1. The van der Waals surface area contributed by atoms with Gasteiger partial charge < -0.3 is 24.3 Å². The van der Waals surface area contributed by atoms with Crippen LogP contribution in [0, 0.1) is 0 Å². The van der Waals surface area contributed by atoms with E-state index in [-0.39, 0.29) is 28.6 Å². The summed E-state index contributed by atoms with van der Waals surface area (Å²) in [7, 11) is -4.83. The highest BCUT2D eigenvalue weighted by Gasteiger charge is 2.28. The summed E-state index contributed by atoms with van der Waals surface area (Å²) in [5.41, 5.74) is 0.218. The van der Waals surface area contributed by atoms with Crippen LogP contribution < -0.4 is 23.8 Å². The molecule has 4 rings (SSSR count). The SMILES string of the molecule is COc1ccc(N(CC(=O)NCCOc2ccc(S(=O)(=O)N3CCOCC3)cc2)S(=O)(=O)c2ccccc2)cc1OC. The fourth-order valence-corrected chi connectivity index (χ4v) is 7.05. The van der Waals surface area contributed by atoms with E-state index >= 15 is 0 Å². The Kier molecular flexibility index (Phi) is 10.3. The van der Waals surface area contributed by atoms with Crippen LogP contribution in [0.3, 0.4) is 0 Å². The van der Waals surface area contributed by atoms with Crippen molar-refractivity contribution in [3.05, 3.63) is 72.8 Å². The Morgan fingerprint density at radius 2 is 1.55 bits per heavy atom. The van der Waals surface area contributed by atoms with Crippen LogP contribution in [0.2, 0.25) is 0 Å². The molecule has 1 saturated heterocycles. The maximum atomic E-state index is 13.5. The van der Waals surface area contributed by atoms with Gasteiger partial charge in [-0.3, -0.25) is 9.10 Å². The van der Waals surface area contributed by atoms with Gasteiger partial charge in [-0.2, -0.15) is 4.31 Å². The maximum Gasteiger partial charge on any atom is 0.264 e. The van der Waals surface area contributed by atoms with Crippen molar-refractivity contribution in [1.82, 2.24) is 9.62 Å². The number of morpholine rings is 1. The first kappa shape index (κ1) is 31.1. The fraction of sp³-hybridized carbons (Fsp3) is 0.321. The largest absolute Gasteiger partial charge is 0.493 e. The Bertz CT molecular complexity index is 1560. The first-order valence-corrected chi connectivity index (χ1v) is 15.9. The number of hydrogen-bond acceptors (Lipinski definition) is 9. The van der Waals surface area contributed by atoms with Gasteiger partial charge in [0.2, 0.25) is 15.9 Å². The number of methoxy groups -OCH3 is 2. The van der Waals surface area contributed by atoms with Crippen molar-refractivity contribution in [2.75, 3.05) is 64.5 Å². The van der Waals surface area contributed by atoms with Gasteiger partial charge in [-0.15, -0.1) is 0 Å². The smallest absolute Gasteiger partial charge is 0.264 e. The molecule has 1 aliphatic heterocycles. The molecule has 0 spiro atoms. The van der Waals surface area contributed by atoms with E-state index in [1.54, 1.807) is 36.4 Å². The summed E-state index contributed by atoms with van der Waals surface area (Å²) in [6, 6.07) is 18.4. The van der Waals surface area contributed by atoms with Crippen LogP contribution in [0.15, 0.2) is 82.6 Å². The zero-order valence-electron chi connectivity index (χ0n) is 23.3. The van der Waals surface area contributed by atoms with Crippen molar-refractivity contribution in [3.8, 4) is 17.2 Å². The van der Waals surface area contributed by atoms with Gasteiger partial charge in [0.05, 0.1) is 49.5 Å². The maximum absolute atomic E-state index is 13.5. The number of amides is 1. The molecule has 0 aromatic heterocycles. The average Bonchev–Trinajstić information content (AvgIpc) is 3.02. The molecule has 1 amide bonds. The molecule has 0 bridgehead atoms. The monoisotopic (exact) mass is 619 g/mol. The number of sulfonamides is 2. The zero-order chi connectivity index (χ0) is 30.2. The Labute approximate surface area is 245 Å². The highest BCUT2D eigenvalue weighted by atomic mass is 32.2. The van der Waals surface area contributed by atoms with Gasteiger partial charge in [-0.05, 0) is 48.5 Å². The predicted molar refractivity (Wildman–Crippen MR) is 155 cm³/mol. The molecule has 0 atom stereocenters. The highest BCUT2D eigenvalue weighted by Crippen LogP contribution is 2.33. The van der Waals surface area contributed by atoms with E-state index in [0.717, 1.165) is 4.31 Å². The minimum atomic E-state index is -4.11. The van der Waals surface area contributed by atoms with Crippen LogP contribution in [-0.2, 0) is 29.6 Å². The lowest BCUT2D eigenvalue weighted by Gasteiger charge is -2.26. The highest BCUT2D eigenvalue weighted by molar-refractivity contribution is 7.92. The van der Waals surface area contributed by atoms with E-state index in [4.69, 9.17) is 18.9 Å². The molecule has 14 heteroatoms. The second-order valence-electron chi connectivity index (χ2n) is 9.05. The topological polar surface area (TPSA) is 141 Å². The minimum absolute atomic E-state index is 0.0231. The number of benzene rings is 3. The van der Waals surface area contributed by atoms with E-state index in [9.17, 15) is 21.6 Å². The Balaban J connectivity index is 1.38. The molecule has 3 aromatic rings. The number of carbonyl (C=O) groups excluding carboxylic acids is 1. The number of nitrogens with zero attached hydrogens (tertiary/aromatic N) is 2. The van der Waals surface area contributed by atoms with Gasteiger partial charge in [-0.1, -0.05) is 18.2 Å². The molecule has 3 aromatic carbocycles. The number of rotatable bonds is 13. The normalized spacial score (nSPS) is 14.1. The molecule has 0 saturated carbocycles. The fourth-order valence-electron chi connectivity index (χ4n) is 4.20. The molecular weight excluding hydrogens is 586 g/mol. The van der Waals surface area contributed by atoms with Crippen molar-refractivity contribution in [1.29, 1.82) is 0 Å². The summed E-state index contributed by atoms with van der Waals surface area (Å²) >= 11 is 0. The summed E-state index contributed by atoms with van der Waals surface area (Å²) < 4.78 is 76.4. The second-order valence-corrected chi connectivity index (χ2v) is 12.9. The number of ether oxygens (including phenoxy) is 4. The van der Waals surface area contributed by atoms with Crippen LogP contribution in [0.5, 0.6) is 17.2 Å². The van der Waals surface area contributed by atoms with E-state index in [1.165, 1.54) is 54.9 Å². The third kappa shape index (κ3) is 7.31. The first-order chi connectivity index (χ1) is 20.2. The molecule has 1 N–H and O–H groups in total. The lowest BCUT2D eigenvalue weighted by Crippen LogP contribution is -2.42. The van der Waals surface area contributed by atoms with Gasteiger partial charge in [0, 0.05) is 19.2 Å².